The molecule has 3 heteroatoms. The Bertz CT molecular complexity index is 618. The number of carbonyl (C=O) groups is 1. The highest BCUT2D eigenvalue weighted by molar-refractivity contribution is 7.19. The zero-order valence-electron chi connectivity index (χ0n) is 10.6. The van der Waals surface area contributed by atoms with Crippen LogP contribution in [0.4, 0.5) is 0 Å². The number of benzene rings is 1. The van der Waals surface area contributed by atoms with Crippen molar-refractivity contribution in [3.8, 4) is 0 Å². The number of fused-ring (bicyclic) bond motifs is 1. The van der Waals surface area contributed by atoms with E-state index in [0.29, 0.717) is 6.42 Å². The summed E-state index contributed by atoms with van der Waals surface area (Å²) in [6, 6.07) is 8.12. The number of hydrogen-bond donors (Lipinski definition) is 0. The maximum Gasteiger partial charge on any atom is 0.156 e. The molecule has 1 aliphatic rings. The van der Waals surface area contributed by atoms with Gasteiger partial charge in [-0.05, 0) is 35.6 Å². The van der Waals surface area contributed by atoms with Crippen molar-refractivity contribution in [3.05, 3.63) is 35.3 Å². The molecule has 0 spiro atoms. The van der Waals surface area contributed by atoms with Gasteiger partial charge in [0.2, 0.25) is 0 Å². The van der Waals surface area contributed by atoms with Crippen LogP contribution in [0.25, 0.3) is 15.8 Å². The Kier molecular flexibility index (Phi) is 2.59. The summed E-state index contributed by atoms with van der Waals surface area (Å²) in [4.78, 5) is 16.3. The summed E-state index contributed by atoms with van der Waals surface area (Å²) in [6.07, 6.45) is 3.36. The predicted molar refractivity (Wildman–Crippen MR) is 75.6 cm³/mol. The van der Waals surface area contributed by atoms with Crippen LogP contribution in [-0.4, -0.2) is 10.8 Å². The highest BCUT2D eigenvalue weighted by atomic mass is 32.1. The van der Waals surface area contributed by atoms with Crippen LogP contribution in [0.15, 0.2) is 30.3 Å². The third-order valence-electron chi connectivity index (χ3n) is 3.56. The van der Waals surface area contributed by atoms with Gasteiger partial charge in [0, 0.05) is 6.42 Å². The lowest BCUT2D eigenvalue weighted by atomic mass is 9.75. The first-order valence-corrected chi connectivity index (χ1v) is 6.99. The average molecular weight is 257 g/mol. The van der Waals surface area contributed by atoms with Gasteiger partial charge in [-0.15, -0.1) is 11.3 Å². The van der Waals surface area contributed by atoms with Crippen molar-refractivity contribution in [2.75, 3.05) is 0 Å². The smallest absolute Gasteiger partial charge is 0.156 e. The number of allylic oxidation sites excluding steroid dienone is 2. The number of hydrogen-bond acceptors (Lipinski definition) is 3. The summed E-state index contributed by atoms with van der Waals surface area (Å²) >= 11 is 1.68. The zero-order chi connectivity index (χ0) is 12.8. The van der Waals surface area contributed by atoms with E-state index in [9.17, 15) is 4.79 Å². The van der Waals surface area contributed by atoms with Crippen LogP contribution >= 0.6 is 11.3 Å². The maximum atomic E-state index is 11.7. The molecule has 2 aromatic rings. The van der Waals surface area contributed by atoms with Crippen LogP contribution in [0, 0.1) is 5.41 Å². The minimum atomic E-state index is 0.0434. The van der Waals surface area contributed by atoms with Crippen molar-refractivity contribution in [2.24, 2.45) is 5.41 Å². The summed E-state index contributed by atoms with van der Waals surface area (Å²) in [5.41, 5.74) is 2.16. The topological polar surface area (TPSA) is 30.0 Å². The van der Waals surface area contributed by atoms with E-state index in [1.165, 1.54) is 4.70 Å². The second-order valence-electron chi connectivity index (χ2n) is 5.39. The van der Waals surface area contributed by atoms with Crippen LogP contribution in [0.5, 0.6) is 0 Å². The van der Waals surface area contributed by atoms with Crippen molar-refractivity contribution in [1.82, 2.24) is 4.98 Å². The molecule has 0 atom stereocenters. The van der Waals surface area contributed by atoms with Gasteiger partial charge < -0.3 is 0 Å². The average Bonchev–Trinajstić information content (AvgIpc) is 2.75. The first-order chi connectivity index (χ1) is 8.56. The second-order valence-corrected chi connectivity index (χ2v) is 6.43. The minimum absolute atomic E-state index is 0.0434. The lowest BCUT2D eigenvalue weighted by Gasteiger charge is -2.29. The molecule has 0 aliphatic heterocycles. The van der Waals surface area contributed by atoms with E-state index in [1.54, 1.807) is 17.4 Å². The number of para-hydroxylation sites is 1. The van der Waals surface area contributed by atoms with Crippen LogP contribution in [0.3, 0.4) is 0 Å². The standard InChI is InChI=1S/C15H15NOS/c1-15(2)8-7-10(17)9-11(15)14-16-12-5-3-4-6-13(12)18-14/h3-6,9H,7-8H2,1-2H3. The molecule has 0 bridgehead atoms. The van der Waals surface area contributed by atoms with E-state index in [-0.39, 0.29) is 11.2 Å². The fourth-order valence-electron chi connectivity index (χ4n) is 2.34. The number of aromatic nitrogens is 1. The third-order valence-corrected chi connectivity index (χ3v) is 4.62. The number of rotatable bonds is 1. The quantitative estimate of drug-likeness (QED) is 0.771. The first kappa shape index (κ1) is 11.6. The van der Waals surface area contributed by atoms with Gasteiger partial charge in [-0.3, -0.25) is 4.79 Å². The molecule has 18 heavy (non-hydrogen) atoms. The van der Waals surface area contributed by atoms with Crippen molar-refractivity contribution in [3.63, 3.8) is 0 Å². The molecule has 1 aromatic carbocycles. The Morgan fingerprint density at radius 1 is 1.28 bits per heavy atom. The summed E-state index contributed by atoms with van der Waals surface area (Å²) in [5.74, 6) is 0.226. The van der Waals surface area contributed by atoms with Crippen LogP contribution in [-0.2, 0) is 4.79 Å². The SMILES string of the molecule is CC1(C)CCC(=O)C=C1c1nc2ccccc2s1. The monoisotopic (exact) mass is 257 g/mol. The van der Waals surface area contributed by atoms with Crippen LogP contribution in [0.2, 0.25) is 0 Å². The van der Waals surface area contributed by atoms with Crippen molar-refractivity contribution in [2.45, 2.75) is 26.7 Å². The van der Waals surface area contributed by atoms with E-state index in [0.717, 1.165) is 22.5 Å². The number of ketones is 1. The van der Waals surface area contributed by atoms with Crippen LogP contribution < -0.4 is 0 Å². The molecule has 1 heterocycles. The molecule has 92 valence electrons. The molecular formula is C15H15NOS. The number of thiazole rings is 1. The Morgan fingerprint density at radius 3 is 2.83 bits per heavy atom. The zero-order valence-corrected chi connectivity index (χ0v) is 11.4. The van der Waals surface area contributed by atoms with Gasteiger partial charge in [-0.25, -0.2) is 4.98 Å². The van der Waals surface area contributed by atoms with Gasteiger partial charge in [0.15, 0.2) is 5.78 Å². The minimum Gasteiger partial charge on any atom is -0.295 e. The summed E-state index contributed by atoms with van der Waals surface area (Å²) < 4.78 is 1.18. The predicted octanol–water partition coefficient (Wildman–Crippen LogP) is 4.07. The third kappa shape index (κ3) is 1.89. The van der Waals surface area contributed by atoms with Gasteiger partial charge in [0.1, 0.15) is 5.01 Å². The Morgan fingerprint density at radius 2 is 2.06 bits per heavy atom. The van der Waals surface area contributed by atoms with Gasteiger partial charge in [-0.1, -0.05) is 26.0 Å². The molecule has 2 nitrogen and oxygen atoms in total. The van der Waals surface area contributed by atoms with Crippen molar-refractivity contribution < 1.29 is 4.79 Å². The molecule has 0 saturated heterocycles. The normalized spacial score (nSPS) is 19.0. The molecule has 0 N–H and O–H groups in total. The van der Waals surface area contributed by atoms with Gasteiger partial charge in [-0.2, -0.15) is 0 Å². The van der Waals surface area contributed by atoms with Crippen molar-refractivity contribution >= 4 is 32.9 Å². The van der Waals surface area contributed by atoms with E-state index in [1.807, 2.05) is 18.2 Å². The molecule has 0 saturated carbocycles. The first-order valence-electron chi connectivity index (χ1n) is 6.17. The van der Waals surface area contributed by atoms with E-state index < -0.39 is 0 Å². The number of nitrogens with zero attached hydrogens (tertiary/aromatic N) is 1. The van der Waals surface area contributed by atoms with E-state index in [2.05, 4.69) is 24.9 Å². The van der Waals surface area contributed by atoms with Gasteiger partial charge >= 0.3 is 0 Å². The summed E-state index contributed by atoms with van der Waals surface area (Å²) in [6.45, 7) is 4.38. The van der Waals surface area contributed by atoms with Gasteiger partial charge in [0.25, 0.3) is 0 Å². The Labute approximate surface area is 110 Å². The number of carbonyl (C=O) groups excluding carboxylic acids is 1. The lowest BCUT2D eigenvalue weighted by Crippen LogP contribution is -2.20. The fraction of sp³-hybridized carbons (Fsp3) is 0.333. The highest BCUT2D eigenvalue weighted by Gasteiger charge is 2.31. The molecule has 1 aliphatic carbocycles. The largest absolute Gasteiger partial charge is 0.295 e. The molecular weight excluding hydrogens is 242 g/mol. The molecule has 0 unspecified atom stereocenters. The Balaban J connectivity index is 2.15. The molecule has 1 aromatic heterocycles. The second kappa shape index (κ2) is 4.02. The summed E-state index contributed by atoms with van der Waals surface area (Å²) in [5, 5.41) is 0.995. The molecule has 3 rings (SSSR count). The van der Waals surface area contributed by atoms with E-state index in [4.69, 9.17) is 0 Å². The fourth-order valence-corrected chi connectivity index (χ4v) is 3.50. The maximum absolute atomic E-state index is 11.7. The van der Waals surface area contributed by atoms with Crippen LogP contribution in [0.1, 0.15) is 31.7 Å². The molecule has 0 fully saturated rings. The molecule has 0 amide bonds. The molecule has 0 radical (unpaired) electrons. The lowest BCUT2D eigenvalue weighted by molar-refractivity contribution is -0.115. The Hall–Kier alpha value is -1.48. The summed E-state index contributed by atoms with van der Waals surface area (Å²) in [7, 11) is 0. The van der Waals surface area contributed by atoms with Gasteiger partial charge in [0.05, 0.1) is 10.2 Å². The highest BCUT2D eigenvalue weighted by Crippen LogP contribution is 2.43. The van der Waals surface area contributed by atoms with Crippen molar-refractivity contribution in [1.29, 1.82) is 0 Å². The van der Waals surface area contributed by atoms with E-state index >= 15 is 0 Å².